The van der Waals surface area contributed by atoms with Crippen LogP contribution in [0.1, 0.15) is 41.5 Å². The molecule has 21 heavy (non-hydrogen) atoms. The van der Waals surface area contributed by atoms with Crippen molar-refractivity contribution < 1.29 is 19.1 Å². The summed E-state index contributed by atoms with van der Waals surface area (Å²) in [6, 6.07) is 0. The van der Waals surface area contributed by atoms with Gasteiger partial charge in [0.15, 0.2) is 0 Å². The molecule has 0 aromatic rings. The Bertz CT molecular complexity index is 336. The molecule has 0 rings (SSSR count). The molecule has 0 heterocycles. The molecular weight excluding hydrogens is 415 g/mol. The van der Waals surface area contributed by atoms with Crippen LogP contribution in [0.3, 0.4) is 0 Å². The van der Waals surface area contributed by atoms with Crippen LogP contribution in [0.25, 0.3) is 0 Å². The zero-order valence-corrected chi connectivity index (χ0v) is 18.9. The Morgan fingerprint density at radius 3 is 1.29 bits per heavy atom. The van der Waals surface area contributed by atoms with Gasteiger partial charge in [0.1, 0.15) is 0 Å². The molecule has 0 saturated heterocycles. The standard InChI is InChI=1S/2C4H9.2C3H6O2S.Sn/c2*1-4(2)3;2*1-5-2-3(4)6;/h2*1-3H3;2*2H2,1H3,(H,4,6);/q;;;;+2/p-2. The second-order valence-electron chi connectivity index (χ2n) is 6.93. The van der Waals surface area contributed by atoms with E-state index in [2.05, 4.69) is 41.5 Å². The number of hydrogen-bond acceptors (Lipinski definition) is 6. The van der Waals surface area contributed by atoms with Crippen molar-refractivity contribution in [1.82, 2.24) is 0 Å². The van der Waals surface area contributed by atoms with Gasteiger partial charge in [-0.15, -0.1) is 0 Å². The molecule has 0 unspecified atom stereocenters. The van der Waals surface area contributed by atoms with Crippen molar-refractivity contribution in [3.8, 4) is 0 Å². The van der Waals surface area contributed by atoms with Gasteiger partial charge in [0.25, 0.3) is 0 Å². The van der Waals surface area contributed by atoms with E-state index in [4.69, 9.17) is 9.47 Å². The average Bonchev–Trinajstić information content (AvgIpc) is 2.25. The van der Waals surface area contributed by atoms with Crippen LogP contribution in [0.15, 0.2) is 0 Å². The average molecular weight is 443 g/mol. The zero-order chi connectivity index (χ0) is 16.9. The summed E-state index contributed by atoms with van der Waals surface area (Å²) in [5, 5.41) is 0.0479. The molecule has 4 nitrogen and oxygen atoms in total. The fourth-order valence-electron chi connectivity index (χ4n) is 2.37. The van der Waals surface area contributed by atoms with Crippen LogP contribution in [0.2, 0.25) is 6.86 Å². The van der Waals surface area contributed by atoms with Gasteiger partial charge in [-0.05, 0) is 0 Å². The molecule has 0 aliphatic heterocycles. The van der Waals surface area contributed by atoms with Crippen molar-refractivity contribution in [3.05, 3.63) is 0 Å². The van der Waals surface area contributed by atoms with E-state index in [9.17, 15) is 9.59 Å². The summed E-state index contributed by atoms with van der Waals surface area (Å²) in [6.45, 7) is 13.1. The number of methoxy groups -OCH3 is 2. The van der Waals surface area contributed by atoms with Crippen molar-refractivity contribution in [2.45, 2.75) is 48.4 Å². The Kier molecular flexibility index (Phi) is 8.88. The van der Waals surface area contributed by atoms with Gasteiger partial charge in [0.05, 0.1) is 0 Å². The van der Waals surface area contributed by atoms with Gasteiger partial charge in [0, 0.05) is 0 Å². The first-order valence-corrected chi connectivity index (χ1v) is 18.3. The fourth-order valence-corrected chi connectivity index (χ4v) is 33.0. The van der Waals surface area contributed by atoms with Crippen molar-refractivity contribution in [2.75, 3.05) is 27.4 Å². The molecule has 0 saturated carbocycles. The van der Waals surface area contributed by atoms with Crippen LogP contribution in [-0.2, 0) is 19.1 Å². The Labute approximate surface area is 138 Å². The van der Waals surface area contributed by atoms with Crippen LogP contribution in [0.4, 0.5) is 0 Å². The third-order valence-corrected chi connectivity index (χ3v) is 44.2. The summed E-state index contributed by atoms with van der Waals surface area (Å²) in [5.74, 6) is 0. The number of hydrogen-bond donors (Lipinski definition) is 0. The third-order valence-electron chi connectivity index (χ3n) is 3.01. The molecular formula is C14H28O4S2Sn. The minimum absolute atomic E-state index is 0.0240. The van der Waals surface area contributed by atoms with Crippen LogP contribution in [0.5, 0.6) is 0 Å². The molecule has 7 heteroatoms. The summed E-state index contributed by atoms with van der Waals surface area (Å²) in [4.78, 5) is 24.5. The van der Waals surface area contributed by atoms with E-state index in [1.54, 1.807) is 0 Å². The van der Waals surface area contributed by atoms with Gasteiger partial charge in [-0.2, -0.15) is 0 Å². The predicted molar refractivity (Wildman–Crippen MR) is 94.1 cm³/mol. The molecule has 0 atom stereocenters. The first kappa shape index (κ1) is 21.8. The van der Waals surface area contributed by atoms with E-state index in [-0.39, 0.29) is 30.3 Å². The second kappa shape index (κ2) is 8.57. The molecule has 0 bridgehead atoms. The Morgan fingerprint density at radius 1 is 0.810 bits per heavy atom. The molecule has 124 valence electrons. The van der Waals surface area contributed by atoms with Gasteiger partial charge in [0.2, 0.25) is 0 Å². The first-order valence-electron chi connectivity index (χ1n) is 6.83. The quantitative estimate of drug-likeness (QED) is 0.582. The van der Waals surface area contributed by atoms with Crippen LogP contribution >= 0.6 is 17.9 Å². The number of rotatable bonds is 6. The maximum absolute atomic E-state index is 12.2. The molecule has 0 fully saturated rings. The van der Waals surface area contributed by atoms with Crippen molar-refractivity contribution in [3.63, 3.8) is 0 Å². The van der Waals surface area contributed by atoms with Gasteiger partial charge in [-0.1, -0.05) is 0 Å². The Balaban J connectivity index is 5.67. The maximum atomic E-state index is 12.2. The van der Waals surface area contributed by atoms with Crippen LogP contribution < -0.4 is 0 Å². The van der Waals surface area contributed by atoms with Gasteiger partial charge in [-0.25, -0.2) is 0 Å². The van der Waals surface area contributed by atoms with E-state index in [1.165, 1.54) is 32.1 Å². The van der Waals surface area contributed by atoms with Gasteiger partial charge >= 0.3 is 139 Å². The first-order chi connectivity index (χ1) is 9.41. The van der Waals surface area contributed by atoms with E-state index in [0.29, 0.717) is 0 Å². The number of carbonyl (C=O) groups is 2. The molecule has 0 radical (unpaired) electrons. The third kappa shape index (κ3) is 6.05. The van der Waals surface area contributed by atoms with Crippen molar-refractivity contribution >= 4 is 43.7 Å². The van der Waals surface area contributed by atoms with E-state index < -0.39 is 15.6 Å². The summed E-state index contributed by atoms with van der Waals surface area (Å²) >= 11 is -3.36. The molecule has 0 amide bonds. The Hall–Kier alpha value is 0.759. The molecule has 0 N–H and O–H groups in total. The van der Waals surface area contributed by atoms with Crippen LogP contribution in [0, 0.1) is 0 Å². The van der Waals surface area contributed by atoms with E-state index in [0.717, 1.165) is 0 Å². The molecule has 0 aliphatic carbocycles. The van der Waals surface area contributed by atoms with Gasteiger partial charge in [-0.3, -0.25) is 0 Å². The van der Waals surface area contributed by atoms with Crippen molar-refractivity contribution in [2.24, 2.45) is 0 Å². The van der Waals surface area contributed by atoms with Crippen LogP contribution in [-0.4, -0.2) is 53.3 Å². The number of ether oxygens (including phenoxy) is 2. The Morgan fingerprint density at radius 2 is 1.10 bits per heavy atom. The van der Waals surface area contributed by atoms with Crippen molar-refractivity contribution in [1.29, 1.82) is 0 Å². The summed E-state index contributed by atoms with van der Waals surface area (Å²) in [5.41, 5.74) is 0. The predicted octanol–water partition coefficient (Wildman–Crippen LogP) is 3.84. The molecule has 0 aromatic heterocycles. The fraction of sp³-hybridized carbons (Fsp3) is 0.857. The molecule has 0 spiro atoms. The van der Waals surface area contributed by atoms with Gasteiger partial charge < -0.3 is 0 Å². The molecule has 0 aromatic carbocycles. The zero-order valence-electron chi connectivity index (χ0n) is 14.4. The minimum atomic E-state index is -3.36. The molecule has 0 aliphatic rings. The van der Waals surface area contributed by atoms with E-state index in [1.807, 2.05) is 0 Å². The second-order valence-corrected chi connectivity index (χ2v) is 33.8. The monoisotopic (exact) mass is 444 g/mol. The summed E-state index contributed by atoms with van der Waals surface area (Å²) < 4.78 is 9.82. The number of carbonyl (C=O) groups excluding carboxylic acids is 2. The van der Waals surface area contributed by atoms with E-state index >= 15 is 0 Å². The summed E-state index contributed by atoms with van der Waals surface area (Å²) in [7, 11) is 5.88. The SMILES string of the molecule is COCC(=O)[S][Sn]([S]C(=O)COC)([C](C)(C)C)[C](C)(C)C. The normalized spacial score (nSPS) is 13.3. The summed E-state index contributed by atoms with van der Waals surface area (Å²) in [6.07, 6.45) is 0. The topological polar surface area (TPSA) is 52.6 Å².